The Balaban J connectivity index is 2.24. The second kappa shape index (κ2) is 3.59. The molecule has 0 aliphatic rings. The summed E-state index contributed by atoms with van der Waals surface area (Å²) in [5, 5.41) is 0. The van der Waals surface area contributed by atoms with Gasteiger partial charge in [0.05, 0.1) is 11.4 Å². The summed E-state index contributed by atoms with van der Waals surface area (Å²) in [6, 6.07) is 7.69. The van der Waals surface area contributed by atoms with Gasteiger partial charge in [-0.15, -0.1) is 0 Å². The molecule has 0 fully saturated rings. The van der Waals surface area contributed by atoms with Crippen LogP contribution in [0.5, 0.6) is 0 Å². The molecule has 2 N–H and O–H groups in total. The zero-order valence-corrected chi connectivity index (χ0v) is 9.46. The molecule has 0 aliphatic heterocycles. The Morgan fingerprint density at radius 2 is 2.06 bits per heavy atom. The SMILES string of the molecule is Cc1cc(N)c2nc(-c3ccccn3)cn2c1. The summed E-state index contributed by atoms with van der Waals surface area (Å²) in [5.74, 6) is 0. The van der Waals surface area contributed by atoms with Crippen LogP contribution in [0.2, 0.25) is 0 Å². The van der Waals surface area contributed by atoms with Gasteiger partial charge >= 0.3 is 0 Å². The zero-order chi connectivity index (χ0) is 11.8. The van der Waals surface area contributed by atoms with Crippen LogP contribution in [0.25, 0.3) is 17.0 Å². The van der Waals surface area contributed by atoms with Crippen LogP contribution >= 0.6 is 0 Å². The molecule has 0 unspecified atom stereocenters. The van der Waals surface area contributed by atoms with Gasteiger partial charge in [-0.2, -0.15) is 0 Å². The normalized spacial score (nSPS) is 10.9. The summed E-state index contributed by atoms with van der Waals surface area (Å²) in [6.45, 7) is 2.01. The molecule has 3 aromatic heterocycles. The largest absolute Gasteiger partial charge is 0.396 e. The van der Waals surface area contributed by atoms with Crippen molar-refractivity contribution in [1.82, 2.24) is 14.4 Å². The number of nitrogens with two attached hydrogens (primary N) is 1. The first-order valence-corrected chi connectivity index (χ1v) is 5.40. The fraction of sp³-hybridized carbons (Fsp3) is 0.0769. The lowest BCUT2D eigenvalue weighted by atomic mass is 10.3. The van der Waals surface area contributed by atoms with Crippen LogP contribution in [0.3, 0.4) is 0 Å². The minimum Gasteiger partial charge on any atom is -0.396 e. The second-order valence-corrected chi connectivity index (χ2v) is 4.04. The number of imidazole rings is 1. The molecule has 0 aliphatic carbocycles. The third kappa shape index (κ3) is 1.63. The molecule has 0 bridgehead atoms. The molecule has 0 aromatic carbocycles. The topological polar surface area (TPSA) is 56.2 Å². The van der Waals surface area contributed by atoms with Crippen LogP contribution in [0.15, 0.2) is 42.9 Å². The van der Waals surface area contributed by atoms with E-state index in [4.69, 9.17) is 5.73 Å². The van der Waals surface area contributed by atoms with Gasteiger partial charge in [-0.05, 0) is 30.7 Å². The number of rotatable bonds is 1. The Hall–Kier alpha value is -2.36. The summed E-state index contributed by atoms with van der Waals surface area (Å²) in [6.07, 6.45) is 5.71. The van der Waals surface area contributed by atoms with Crippen molar-refractivity contribution in [2.75, 3.05) is 5.73 Å². The van der Waals surface area contributed by atoms with Gasteiger partial charge in [0.15, 0.2) is 5.65 Å². The van der Waals surface area contributed by atoms with Crippen LogP contribution in [0, 0.1) is 6.92 Å². The maximum Gasteiger partial charge on any atom is 0.160 e. The van der Waals surface area contributed by atoms with Crippen LogP contribution < -0.4 is 5.73 Å². The van der Waals surface area contributed by atoms with Gasteiger partial charge in [0, 0.05) is 18.6 Å². The third-order valence-corrected chi connectivity index (χ3v) is 2.64. The first-order valence-electron chi connectivity index (χ1n) is 5.40. The molecule has 0 saturated carbocycles. The lowest BCUT2D eigenvalue weighted by molar-refractivity contribution is 1.16. The van der Waals surface area contributed by atoms with Crippen molar-refractivity contribution in [3.8, 4) is 11.4 Å². The number of anilines is 1. The third-order valence-electron chi connectivity index (χ3n) is 2.64. The molecule has 4 nitrogen and oxygen atoms in total. The van der Waals surface area contributed by atoms with Crippen molar-refractivity contribution in [2.45, 2.75) is 6.92 Å². The van der Waals surface area contributed by atoms with Crippen LogP contribution in [-0.2, 0) is 0 Å². The molecule has 0 atom stereocenters. The monoisotopic (exact) mass is 224 g/mol. The van der Waals surface area contributed by atoms with Crippen molar-refractivity contribution >= 4 is 11.3 Å². The van der Waals surface area contributed by atoms with E-state index >= 15 is 0 Å². The molecule has 0 radical (unpaired) electrons. The molecular weight excluding hydrogens is 212 g/mol. The highest BCUT2D eigenvalue weighted by molar-refractivity contribution is 5.70. The number of nitrogens with zero attached hydrogens (tertiary/aromatic N) is 3. The number of pyridine rings is 2. The van der Waals surface area contributed by atoms with Crippen molar-refractivity contribution in [3.05, 3.63) is 48.4 Å². The lowest BCUT2D eigenvalue weighted by Gasteiger charge is -1.98. The van der Waals surface area contributed by atoms with Crippen molar-refractivity contribution in [2.24, 2.45) is 0 Å². The average Bonchev–Trinajstić information content (AvgIpc) is 2.74. The van der Waals surface area contributed by atoms with Gasteiger partial charge in [0.2, 0.25) is 0 Å². The lowest BCUT2D eigenvalue weighted by Crippen LogP contribution is -1.93. The molecular formula is C13H12N4. The summed E-state index contributed by atoms with van der Waals surface area (Å²) in [7, 11) is 0. The predicted octanol–water partition coefficient (Wildman–Crippen LogP) is 2.29. The van der Waals surface area contributed by atoms with Crippen LogP contribution in [-0.4, -0.2) is 14.4 Å². The number of aryl methyl sites for hydroxylation is 1. The van der Waals surface area contributed by atoms with Crippen molar-refractivity contribution in [1.29, 1.82) is 0 Å². The highest BCUT2D eigenvalue weighted by Gasteiger charge is 2.07. The van der Waals surface area contributed by atoms with E-state index in [0.29, 0.717) is 5.69 Å². The first kappa shape index (κ1) is 9.84. The van der Waals surface area contributed by atoms with E-state index in [2.05, 4.69) is 9.97 Å². The molecule has 3 heterocycles. The quantitative estimate of drug-likeness (QED) is 0.690. The maximum atomic E-state index is 5.94. The Morgan fingerprint density at radius 3 is 2.82 bits per heavy atom. The number of fused-ring (bicyclic) bond motifs is 1. The molecule has 84 valence electrons. The molecule has 3 aromatic rings. The molecule has 0 amide bonds. The average molecular weight is 224 g/mol. The molecule has 0 spiro atoms. The van der Waals surface area contributed by atoms with Crippen LogP contribution in [0.4, 0.5) is 5.69 Å². The maximum absolute atomic E-state index is 5.94. The van der Waals surface area contributed by atoms with E-state index in [-0.39, 0.29) is 0 Å². The highest BCUT2D eigenvalue weighted by Crippen LogP contribution is 2.20. The minimum atomic E-state index is 0.687. The van der Waals surface area contributed by atoms with Gasteiger partial charge in [-0.3, -0.25) is 4.98 Å². The fourth-order valence-electron chi connectivity index (χ4n) is 1.91. The Kier molecular flexibility index (Phi) is 2.08. The van der Waals surface area contributed by atoms with E-state index in [0.717, 1.165) is 22.6 Å². The van der Waals surface area contributed by atoms with Gasteiger partial charge < -0.3 is 10.1 Å². The van der Waals surface area contributed by atoms with E-state index in [1.807, 2.05) is 48.0 Å². The molecule has 3 rings (SSSR count). The number of hydrogen-bond acceptors (Lipinski definition) is 3. The van der Waals surface area contributed by atoms with E-state index in [1.54, 1.807) is 6.20 Å². The zero-order valence-electron chi connectivity index (χ0n) is 9.46. The Morgan fingerprint density at radius 1 is 1.18 bits per heavy atom. The smallest absolute Gasteiger partial charge is 0.160 e. The second-order valence-electron chi connectivity index (χ2n) is 4.04. The van der Waals surface area contributed by atoms with Gasteiger partial charge in [0.1, 0.15) is 5.69 Å². The van der Waals surface area contributed by atoms with E-state index in [9.17, 15) is 0 Å². The van der Waals surface area contributed by atoms with Crippen molar-refractivity contribution < 1.29 is 0 Å². The van der Waals surface area contributed by atoms with Crippen LogP contribution in [0.1, 0.15) is 5.56 Å². The van der Waals surface area contributed by atoms with Gasteiger partial charge in [-0.1, -0.05) is 6.07 Å². The summed E-state index contributed by atoms with van der Waals surface area (Å²) < 4.78 is 1.94. The molecule has 17 heavy (non-hydrogen) atoms. The van der Waals surface area contributed by atoms with E-state index < -0.39 is 0 Å². The van der Waals surface area contributed by atoms with Gasteiger partial charge in [0.25, 0.3) is 0 Å². The number of nitrogen functional groups attached to an aromatic ring is 1. The summed E-state index contributed by atoms with van der Waals surface area (Å²) in [5.41, 5.74) is 10.2. The fourth-order valence-corrected chi connectivity index (χ4v) is 1.91. The van der Waals surface area contributed by atoms with E-state index in [1.165, 1.54) is 0 Å². The first-order chi connectivity index (χ1) is 8.24. The molecule has 0 saturated heterocycles. The highest BCUT2D eigenvalue weighted by atomic mass is 15.0. The number of aromatic nitrogens is 3. The Labute approximate surface area is 98.8 Å². The Bertz CT molecular complexity index is 670. The van der Waals surface area contributed by atoms with Gasteiger partial charge in [-0.25, -0.2) is 4.98 Å². The molecule has 4 heteroatoms. The minimum absolute atomic E-state index is 0.687. The number of hydrogen-bond donors (Lipinski definition) is 1. The summed E-state index contributed by atoms with van der Waals surface area (Å²) >= 11 is 0. The standard InChI is InChI=1S/C13H12N4/c1-9-6-10(14)13-16-12(8-17(13)7-9)11-4-2-3-5-15-11/h2-8H,14H2,1H3. The van der Waals surface area contributed by atoms with Crippen molar-refractivity contribution in [3.63, 3.8) is 0 Å². The predicted molar refractivity (Wildman–Crippen MR) is 67.6 cm³/mol. The summed E-state index contributed by atoms with van der Waals surface area (Å²) in [4.78, 5) is 8.78.